The SMILES string of the molecule is CCN(CC(=O)N(C)C)C(c1ccc(C)cc1)C(C)N. The van der Waals surface area contributed by atoms with Crippen LogP contribution in [-0.2, 0) is 4.79 Å². The minimum Gasteiger partial charge on any atom is -0.348 e. The highest BCUT2D eigenvalue weighted by Crippen LogP contribution is 2.23. The fourth-order valence-corrected chi connectivity index (χ4v) is 2.33. The molecule has 0 aliphatic carbocycles. The van der Waals surface area contributed by atoms with Crippen molar-refractivity contribution in [1.82, 2.24) is 9.80 Å². The summed E-state index contributed by atoms with van der Waals surface area (Å²) in [7, 11) is 3.56. The Kier molecular flexibility index (Phi) is 6.17. The molecule has 2 N–H and O–H groups in total. The molecule has 1 rings (SSSR count). The second-order valence-electron chi connectivity index (χ2n) is 5.57. The van der Waals surface area contributed by atoms with E-state index in [0.717, 1.165) is 6.54 Å². The molecule has 0 bridgehead atoms. The number of benzene rings is 1. The Labute approximate surface area is 122 Å². The van der Waals surface area contributed by atoms with Gasteiger partial charge in [0.25, 0.3) is 0 Å². The van der Waals surface area contributed by atoms with E-state index < -0.39 is 0 Å². The first kappa shape index (κ1) is 16.7. The zero-order valence-electron chi connectivity index (χ0n) is 13.3. The molecular formula is C16H27N3O. The van der Waals surface area contributed by atoms with Crippen molar-refractivity contribution in [3.05, 3.63) is 35.4 Å². The lowest BCUT2D eigenvalue weighted by Gasteiger charge is -2.34. The Morgan fingerprint density at radius 2 is 1.80 bits per heavy atom. The molecule has 1 aromatic carbocycles. The molecule has 0 aliphatic rings. The van der Waals surface area contributed by atoms with Crippen LogP contribution in [0, 0.1) is 6.92 Å². The third-order valence-corrected chi connectivity index (χ3v) is 3.55. The molecule has 0 aliphatic heterocycles. The van der Waals surface area contributed by atoms with E-state index in [4.69, 9.17) is 5.73 Å². The van der Waals surface area contributed by atoms with Gasteiger partial charge in [-0.2, -0.15) is 0 Å². The summed E-state index contributed by atoms with van der Waals surface area (Å²) >= 11 is 0. The number of nitrogens with two attached hydrogens (primary N) is 1. The Balaban J connectivity index is 2.98. The lowest BCUT2D eigenvalue weighted by atomic mass is 9.98. The lowest BCUT2D eigenvalue weighted by Crippen LogP contribution is -2.44. The number of likely N-dealkylation sites (N-methyl/N-ethyl adjacent to an activating group) is 2. The van der Waals surface area contributed by atoms with Crippen LogP contribution in [0.4, 0.5) is 0 Å². The van der Waals surface area contributed by atoms with Crippen LogP contribution < -0.4 is 5.73 Å². The zero-order chi connectivity index (χ0) is 15.3. The van der Waals surface area contributed by atoms with E-state index in [9.17, 15) is 4.79 Å². The predicted octanol–water partition coefficient (Wildman–Crippen LogP) is 1.79. The Morgan fingerprint density at radius 3 is 2.20 bits per heavy atom. The number of hydrogen-bond donors (Lipinski definition) is 1. The number of carbonyl (C=O) groups is 1. The monoisotopic (exact) mass is 277 g/mol. The zero-order valence-corrected chi connectivity index (χ0v) is 13.3. The van der Waals surface area contributed by atoms with E-state index in [0.29, 0.717) is 6.54 Å². The van der Waals surface area contributed by atoms with Crippen LogP contribution in [0.1, 0.15) is 31.0 Å². The van der Waals surface area contributed by atoms with Crippen molar-refractivity contribution in [2.45, 2.75) is 32.9 Å². The van der Waals surface area contributed by atoms with Gasteiger partial charge in [0.1, 0.15) is 0 Å². The molecule has 0 radical (unpaired) electrons. The smallest absolute Gasteiger partial charge is 0.236 e. The summed E-state index contributed by atoms with van der Waals surface area (Å²) in [5.41, 5.74) is 8.56. The molecule has 0 saturated heterocycles. The van der Waals surface area contributed by atoms with E-state index in [2.05, 4.69) is 43.0 Å². The maximum absolute atomic E-state index is 12.0. The van der Waals surface area contributed by atoms with Gasteiger partial charge in [-0.05, 0) is 26.0 Å². The van der Waals surface area contributed by atoms with Crippen LogP contribution in [0.25, 0.3) is 0 Å². The number of nitrogens with zero attached hydrogens (tertiary/aromatic N) is 2. The second kappa shape index (κ2) is 7.41. The van der Waals surface area contributed by atoms with Gasteiger partial charge >= 0.3 is 0 Å². The molecule has 1 amide bonds. The third kappa shape index (κ3) is 4.32. The van der Waals surface area contributed by atoms with Gasteiger partial charge in [-0.3, -0.25) is 9.69 Å². The fraction of sp³-hybridized carbons (Fsp3) is 0.562. The van der Waals surface area contributed by atoms with Crippen LogP contribution >= 0.6 is 0 Å². The molecule has 20 heavy (non-hydrogen) atoms. The topological polar surface area (TPSA) is 49.6 Å². The third-order valence-electron chi connectivity index (χ3n) is 3.55. The predicted molar refractivity (Wildman–Crippen MR) is 83.5 cm³/mol. The molecule has 0 heterocycles. The summed E-state index contributed by atoms with van der Waals surface area (Å²) in [6, 6.07) is 8.41. The van der Waals surface area contributed by atoms with Gasteiger partial charge in [-0.1, -0.05) is 36.8 Å². The van der Waals surface area contributed by atoms with Crippen molar-refractivity contribution >= 4 is 5.91 Å². The van der Waals surface area contributed by atoms with Crippen molar-refractivity contribution in [2.24, 2.45) is 5.73 Å². The largest absolute Gasteiger partial charge is 0.348 e. The lowest BCUT2D eigenvalue weighted by molar-refractivity contribution is -0.130. The molecule has 0 spiro atoms. The number of rotatable bonds is 6. The van der Waals surface area contributed by atoms with E-state index in [1.165, 1.54) is 11.1 Å². The van der Waals surface area contributed by atoms with Gasteiger partial charge in [-0.25, -0.2) is 0 Å². The molecule has 4 nitrogen and oxygen atoms in total. The second-order valence-corrected chi connectivity index (χ2v) is 5.57. The van der Waals surface area contributed by atoms with Crippen molar-refractivity contribution < 1.29 is 4.79 Å². The van der Waals surface area contributed by atoms with Gasteiger partial charge in [0.15, 0.2) is 0 Å². The van der Waals surface area contributed by atoms with Gasteiger partial charge in [0.05, 0.1) is 12.6 Å². The van der Waals surface area contributed by atoms with E-state index >= 15 is 0 Å². The molecule has 4 heteroatoms. The highest BCUT2D eigenvalue weighted by molar-refractivity contribution is 5.77. The van der Waals surface area contributed by atoms with Crippen LogP contribution in [0.3, 0.4) is 0 Å². The Morgan fingerprint density at radius 1 is 1.25 bits per heavy atom. The molecule has 2 atom stereocenters. The highest BCUT2D eigenvalue weighted by Gasteiger charge is 2.25. The van der Waals surface area contributed by atoms with Crippen molar-refractivity contribution in [3.63, 3.8) is 0 Å². The molecule has 0 aromatic heterocycles. The van der Waals surface area contributed by atoms with Gasteiger partial charge in [-0.15, -0.1) is 0 Å². The first-order valence-electron chi connectivity index (χ1n) is 7.13. The van der Waals surface area contributed by atoms with E-state index in [-0.39, 0.29) is 18.0 Å². The standard InChI is InChI=1S/C16H27N3O/c1-6-19(11-15(20)18(4)5)16(13(3)17)14-9-7-12(2)8-10-14/h7-10,13,16H,6,11,17H2,1-5H3. The summed E-state index contributed by atoms with van der Waals surface area (Å²) in [4.78, 5) is 15.7. The minimum absolute atomic E-state index is 0.0346. The van der Waals surface area contributed by atoms with E-state index in [1.807, 2.05) is 6.92 Å². The van der Waals surface area contributed by atoms with Gasteiger partial charge in [0.2, 0.25) is 5.91 Å². The molecule has 0 fully saturated rings. The van der Waals surface area contributed by atoms with Crippen molar-refractivity contribution in [3.8, 4) is 0 Å². The fourth-order valence-electron chi connectivity index (χ4n) is 2.33. The minimum atomic E-state index is -0.0346. The Bertz CT molecular complexity index is 426. The van der Waals surface area contributed by atoms with Crippen LogP contribution in [0.2, 0.25) is 0 Å². The Hall–Kier alpha value is -1.39. The maximum Gasteiger partial charge on any atom is 0.236 e. The summed E-state index contributed by atoms with van der Waals surface area (Å²) in [6.07, 6.45) is 0. The van der Waals surface area contributed by atoms with Crippen molar-refractivity contribution in [1.29, 1.82) is 0 Å². The van der Waals surface area contributed by atoms with Gasteiger partial charge < -0.3 is 10.6 Å². The molecular weight excluding hydrogens is 250 g/mol. The quantitative estimate of drug-likeness (QED) is 0.862. The molecule has 112 valence electrons. The first-order chi connectivity index (χ1) is 9.36. The normalized spacial score (nSPS) is 14.2. The van der Waals surface area contributed by atoms with Crippen LogP contribution in [0.15, 0.2) is 24.3 Å². The molecule has 2 unspecified atom stereocenters. The highest BCUT2D eigenvalue weighted by atomic mass is 16.2. The summed E-state index contributed by atoms with van der Waals surface area (Å²) in [5, 5.41) is 0. The van der Waals surface area contributed by atoms with E-state index in [1.54, 1.807) is 19.0 Å². The maximum atomic E-state index is 12.0. The summed E-state index contributed by atoms with van der Waals surface area (Å²) in [5.74, 6) is 0.101. The molecule has 0 saturated carbocycles. The average molecular weight is 277 g/mol. The molecule has 1 aromatic rings. The summed E-state index contributed by atoms with van der Waals surface area (Å²) in [6.45, 7) is 7.31. The van der Waals surface area contributed by atoms with Gasteiger partial charge in [0, 0.05) is 20.1 Å². The number of carbonyl (C=O) groups excluding carboxylic acids is 1. The summed E-state index contributed by atoms with van der Waals surface area (Å²) < 4.78 is 0. The average Bonchev–Trinajstić information content (AvgIpc) is 2.39. The number of hydrogen-bond acceptors (Lipinski definition) is 3. The number of amides is 1. The first-order valence-corrected chi connectivity index (χ1v) is 7.13. The van der Waals surface area contributed by atoms with Crippen LogP contribution in [-0.4, -0.2) is 48.9 Å². The van der Waals surface area contributed by atoms with Crippen molar-refractivity contribution in [2.75, 3.05) is 27.2 Å². The number of aryl methyl sites for hydroxylation is 1. The van der Waals surface area contributed by atoms with Crippen LogP contribution in [0.5, 0.6) is 0 Å².